The predicted octanol–water partition coefficient (Wildman–Crippen LogP) is 0.991. The second-order valence-electron chi connectivity index (χ2n) is 3.20. The molecule has 0 bridgehead atoms. The molecule has 0 N–H and O–H groups in total. The number of hydrogen-bond donors (Lipinski definition) is 0. The van der Waals surface area contributed by atoms with E-state index in [-0.39, 0.29) is 19.6 Å². The van der Waals surface area contributed by atoms with Gasteiger partial charge < -0.3 is 14.2 Å². The Labute approximate surface area is 106 Å². The Morgan fingerprint density at radius 1 is 1.11 bits per heavy atom. The lowest BCUT2D eigenvalue weighted by Gasteiger charge is -2.14. The van der Waals surface area contributed by atoms with Gasteiger partial charge in [0.25, 0.3) is 6.10 Å². The zero-order valence-corrected chi connectivity index (χ0v) is 10.6. The van der Waals surface area contributed by atoms with Crippen LogP contribution in [0.4, 0.5) is 0 Å². The van der Waals surface area contributed by atoms with Gasteiger partial charge in [0, 0.05) is 6.42 Å². The van der Waals surface area contributed by atoms with Crippen LogP contribution in [0.15, 0.2) is 12.7 Å². The fourth-order valence-electron chi connectivity index (χ4n) is 1.04. The molecule has 0 unspecified atom stereocenters. The minimum atomic E-state index is -1.65. The van der Waals surface area contributed by atoms with Gasteiger partial charge in [-0.1, -0.05) is 6.08 Å². The van der Waals surface area contributed by atoms with Crippen molar-refractivity contribution >= 4 is 17.9 Å². The van der Waals surface area contributed by atoms with Crippen LogP contribution in [-0.4, -0.2) is 37.2 Å². The minimum Gasteiger partial charge on any atom is -0.463 e. The average molecular weight is 258 g/mol. The predicted molar refractivity (Wildman–Crippen MR) is 62.6 cm³/mol. The summed E-state index contributed by atoms with van der Waals surface area (Å²) in [6, 6.07) is 0. The quantitative estimate of drug-likeness (QED) is 0.279. The average Bonchev–Trinajstić information content (AvgIpc) is 2.33. The third kappa shape index (κ3) is 6.03. The molecule has 102 valence electrons. The molecule has 0 aliphatic carbocycles. The van der Waals surface area contributed by atoms with Crippen LogP contribution in [-0.2, 0) is 28.6 Å². The van der Waals surface area contributed by atoms with Crippen molar-refractivity contribution in [3.05, 3.63) is 12.7 Å². The molecule has 0 saturated heterocycles. The summed E-state index contributed by atoms with van der Waals surface area (Å²) in [4.78, 5) is 34.2. The highest BCUT2D eigenvalue weighted by Gasteiger charge is 2.33. The SMILES string of the molecule is C=CCCC(=O)OC(C(=O)OCC)C(=O)OCC. The van der Waals surface area contributed by atoms with Gasteiger partial charge in [0.1, 0.15) is 0 Å². The van der Waals surface area contributed by atoms with Crippen LogP contribution >= 0.6 is 0 Å². The van der Waals surface area contributed by atoms with Crippen molar-refractivity contribution in [3.8, 4) is 0 Å². The summed E-state index contributed by atoms with van der Waals surface area (Å²) in [5, 5.41) is 0. The minimum absolute atomic E-state index is 0.0405. The number of carbonyl (C=O) groups is 3. The lowest BCUT2D eigenvalue weighted by molar-refractivity contribution is -0.180. The summed E-state index contributed by atoms with van der Waals surface area (Å²) in [6.45, 7) is 6.78. The van der Waals surface area contributed by atoms with Crippen molar-refractivity contribution in [2.75, 3.05) is 13.2 Å². The molecule has 0 aromatic carbocycles. The van der Waals surface area contributed by atoms with E-state index in [1.54, 1.807) is 13.8 Å². The van der Waals surface area contributed by atoms with E-state index in [9.17, 15) is 14.4 Å². The Morgan fingerprint density at radius 3 is 2.00 bits per heavy atom. The molecule has 0 fully saturated rings. The summed E-state index contributed by atoms with van der Waals surface area (Å²) in [5.41, 5.74) is 0. The Bertz CT molecular complexity index is 292. The topological polar surface area (TPSA) is 78.9 Å². The molecule has 0 amide bonds. The van der Waals surface area contributed by atoms with Crippen molar-refractivity contribution in [3.63, 3.8) is 0 Å². The number of carbonyl (C=O) groups excluding carboxylic acids is 3. The van der Waals surface area contributed by atoms with Gasteiger partial charge in [-0.25, -0.2) is 9.59 Å². The molecule has 0 aliphatic heterocycles. The van der Waals surface area contributed by atoms with Crippen LogP contribution in [0.3, 0.4) is 0 Å². The molecule has 0 aromatic rings. The molecule has 6 nitrogen and oxygen atoms in total. The normalized spacial score (nSPS) is 9.72. The molecule has 0 saturated carbocycles. The molecule has 0 radical (unpaired) electrons. The van der Waals surface area contributed by atoms with E-state index in [4.69, 9.17) is 4.74 Å². The van der Waals surface area contributed by atoms with Gasteiger partial charge in [0.2, 0.25) is 0 Å². The third-order valence-corrected chi connectivity index (χ3v) is 1.80. The van der Waals surface area contributed by atoms with Crippen molar-refractivity contribution in [1.29, 1.82) is 0 Å². The zero-order valence-electron chi connectivity index (χ0n) is 10.6. The summed E-state index contributed by atoms with van der Waals surface area (Å²) in [7, 11) is 0. The maximum atomic E-state index is 11.4. The van der Waals surface area contributed by atoms with E-state index >= 15 is 0 Å². The van der Waals surface area contributed by atoms with Crippen molar-refractivity contribution < 1.29 is 28.6 Å². The lowest BCUT2D eigenvalue weighted by Crippen LogP contribution is -2.37. The van der Waals surface area contributed by atoms with E-state index in [0.717, 1.165) is 0 Å². The maximum Gasteiger partial charge on any atom is 0.359 e. The largest absolute Gasteiger partial charge is 0.463 e. The number of rotatable bonds is 8. The number of allylic oxidation sites excluding steroid dienone is 1. The van der Waals surface area contributed by atoms with Gasteiger partial charge >= 0.3 is 17.9 Å². The molecule has 0 aromatic heterocycles. The molecule has 0 spiro atoms. The first-order valence-corrected chi connectivity index (χ1v) is 5.70. The van der Waals surface area contributed by atoms with Gasteiger partial charge in [-0.3, -0.25) is 4.79 Å². The number of ether oxygens (including phenoxy) is 3. The highest BCUT2D eigenvalue weighted by Crippen LogP contribution is 2.04. The summed E-state index contributed by atoms with van der Waals surface area (Å²) < 4.78 is 14.0. The molecular formula is C12H18O6. The molecular weight excluding hydrogens is 240 g/mol. The lowest BCUT2D eigenvalue weighted by atomic mass is 10.3. The van der Waals surface area contributed by atoms with Gasteiger partial charge in [-0.05, 0) is 20.3 Å². The van der Waals surface area contributed by atoms with Crippen LogP contribution in [0.2, 0.25) is 0 Å². The first kappa shape index (κ1) is 16.1. The van der Waals surface area contributed by atoms with Crippen LogP contribution in [0.25, 0.3) is 0 Å². The zero-order chi connectivity index (χ0) is 14.0. The smallest absolute Gasteiger partial charge is 0.359 e. The van der Waals surface area contributed by atoms with Crippen LogP contribution < -0.4 is 0 Å². The summed E-state index contributed by atoms with van der Waals surface area (Å²) >= 11 is 0. The monoisotopic (exact) mass is 258 g/mol. The maximum absolute atomic E-state index is 11.4. The van der Waals surface area contributed by atoms with E-state index in [1.807, 2.05) is 0 Å². The van der Waals surface area contributed by atoms with Crippen molar-refractivity contribution in [1.82, 2.24) is 0 Å². The molecule has 0 heterocycles. The van der Waals surface area contributed by atoms with Crippen LogP contribution in [0.1, 0.15) is 26.7 Å². The first-order valence-electron chi connectivity index (χ1n) is 5.70. The second kappa shape index (κ2) is 9.21. The molecule has 0 atom stereocenters. The van der Waals surface area contributed by atoms with Gasteiger partial charge in [0.15, 0.2) is 0 Å². The molecule has 0 rings (SSSR count). The Kier molecular flexibility index (Phi) is 8.26. The number of esters is 3. The number of hydrogen-bond acceptors (Lipinski definition) is 6. The van der Waals surface area contributed by atoms with E-state index < -0.39 is 24.0 Å². The van der Waals surface area contributed by atoms with Crippen LogP contribution in [0, 0.1) is 0 Å². The molecule has 18 heavy (non-hydrogen) atoms. The Hall–Kier alpha value is -1.85. The summed E-state index contributed by atoms with van der Waals surface area (Å²) in [6.07, 6.45) is 0.322. The van der Waals surface area contributed by atoms with Crippen molar-refractivity contribution in [2.45, 2.75) is 32.8 Å². The first-order chi connectivity index (χ1) is 8.56. The highest BCUT2D eigenvalue weighted by molar-refractivity contribution is 5.99. The highest BCUT2D eigenvalue weighted by atomic mass is 16.6. The van der Waals surface area contributed by atoms with Crippen LogP contribution in [0.5, 0.6) is 0 Å². The van der Waals surface area contributed by atoms with E-state index in [2.05, 4.69) is 16.1 Å². The Balaban J connectivity index is 4.55. The van der Waals surface area contributed by atoms with Crippen molar-refractivity contribution in [2.24, 2.45) is 0 Å². The Morgan fingerprint density at radius 2 is 1.61 bits per heavy atom. The fraction of sp³-hybridized carbons (Fsp3) is 0.583. The van der Waals surface area contributed by atoms with Gasteiger partial charge in [-0.15, -0.1) is 6.58 Å². The standard InChI is InChI=1S/C12H18O6/c1-4-7-8-9(13)18-10(11(14)16-5-2)12(15)17-6-3/h4,10H,1,5-8H2,2-3H3. The van der Waals surface area contributed by atoms with E-state index in [1.165, 1.54) is 6.08 Å². The van der Waals surface area contributed by atoms with Gasteiger partial charge in [-0.2, -0.15) is 0 Å². The third-order valence-electron chi connectivity index (χ3n) is 1.80. The van der Waals surface area contributed by atoms with Gasteiger partial charge in [0.05, 0.1) is 13.2 Å². The van der Waals surface area contributed by atoms with E-state index in [0.29, 0.717) is 6.42 Å². The molecule has 6 heteroatoms. The fourth-order valence-corrected chi connectivity index (χ4v) is 1.04. The molecule has 0 aliphatic rings. The second-order valence-corrected chi connectivity index (χ2v) is 3.20. The summed E-state index contributed by atoms with van der Waals surface area (Å²) in [5.74, 6) is -2.54.